The van der Waals surface area contributed by atoms with Crippen LogP contribution in [0.1, 0.15) is 31.2 Å². The first-order valence-electron chi connectivity index (χ1n) is 5.96. The van der Waals surface area contributed by atoms with Gasteiger partial charge in [-0.3, -0.25) is 0 Å². The fourth-order valence-corrected chi connectivity index (χ4v) is 2.51. The minimum Gasteiger partial charge on any atom is -0.373 e. The summed E-state index contributed by atoms with van der Waals surface area (Å²) in [4.78, 5) is 0. The second-order valence-electron chi connectivity index (χ2n) is 4.60. The van der Waals surface area contributed by atoms with Gasteiger partial charge in [0, 0.05) is 16.1 Å². The lowest BCUT2D eigenvalue weighted by Gasteiger charge is -2.26. The normalized spacial score (nSPS) is 24.9. The summed E-state index contributed by atoms with van der Waals surface area (Å²) in [6.45, 7) is 0.330. The maximum atomic E-state index is 13.5. The van der Waals surface area contributed by atoms with E-state index in [1.807, 2.05) is 6.07 Å². The molecule has 2 atom stereocenters. The molecule has 1 aromatic carbocycles. The van der Waals surface area contributed by atoms with Crippen molar-refractivity contribution in [2.24, 2.45) is 5.73 Å². The Balaban J connectivity index is 1.88. The number of hydrogen-bond acceptors (Lipinski definition) is 2. The number of ether oxygens (including phenoxy) is 1. The van der Waals surface area contributed by atoms with Crippen LogP contribution in [0.3, 0.4) is 0 Å². The summed E-state index contributed by atoms with van der Waals surface area (Å²) in [5.41, 5.74) is 6.49. The first kappa shape index (κ1) is 13.0. The van der Waals surface area contributed by atoms with Crippen molar-refractivity contribution in [1.82, 2.24) is 0 Å². The van der Waals surface area contributed by atoms with Crippen LogP contribution in [0, 0.1) is 5.82 Å². The summed E-state index contributed by atoms with van der Waals surface area (Å²) in [6.07, 6.45) is 4.28. The quantitative estimate of drug-likeness (QED) is 0.929. The summed E-state index contributed by atoms with van der Waals surface area (Å²) in [7, 11) is 0. The SMILES string of the molecule is NC1CCCC(OCc2ccc(Br)cc2F)C1. The summed E-state index contributed by atoms with van der Waals surface area (Å²) < 4.78 is 20.0. The smallest absolute Gasteiger partial charge is 0.129 e. The van der Waals surface area contributed by atoms with Gasteiger partial charge in [-0.1, -0.05) is 22.0 Å². The van der Waals surface area contributed by atoms with E-state index in [1.165, 1.54) is 6.07 Å². The second-order valence-corrected chi connectivity index (χ2v) is 5.51. The van der Waals surface area contributed by atoms with Gasteiger partial charge >= 0.3 is 0 Å². The minimum atomic E-state index is -0.223. The van der Waals surface area contributed by atoms with Crippen LogP contribution in [0.15, 0.2) is 22.7 Å². The fourth-order valence-electron chi connectivity index (χ4n) is 2.18. The lowest BCUT2D eigenvalue weighted by molar-refractivity contribution is 0.0110. The van der Waals surface area contributed by atoms with E-state index in [9.17, 15) is 4.39 Å². The molecule has 4 heteroatoms. The van der Waals surface area contributed by atoms with E-state index in [1.54, 1.807) is 6.07 Å². The van der Waals surface area contributed by atoms with E-state index in [0.717, 1.165) is 30.2 Å². The molecular weight excluding hydrogens is 285 g/mol. The highest BCUT2D eigenvalue weighted by Crippen LogP contribution is 2.22. The van der Waals surface area contributed by atoms with Gasteiger partial charge in [0.1, 0.15) is 5.82 Å². The zero-order valence-electron chi connectivity index (χ0n) is 9.66. The number of benzene rings is 1. The maximum absolute atomic E-state index is 13.5. The van der Waals surface area contributed by atoms with E-state index < -0.39 is 0 Å². The van der Waals surface area contributed by atoms with Crippen molar-refractivity contribution in [2.75, 3.05) is 0 Å². The maximum Gasteiger partial charge on any atom is 0.129 e. The number of rotatable bonds is 3. The molecule has 94 valence electrons. The predicted octanol–water partition coefficient (Wildman–Crippen LogP) is 3.37. The molecule has 1 aromatic rings. The highest BCUT2D eigenvalue weighted by atomic mass is 79.9. The van der Waals surface area contributed by atoms with Crippen molar-refractivity contribution in [2.45, 2.75) is 44.4 Å². The molecule has 0 aliphatic heterocycles. The first-order valence-corrected chi connectivity index (χ1v) is 6.75. The van der Waals surface area contributed by atoms with Gasteiger partial charge in [-0.25, -0.2) is 4.39 Å². The van der Waals surface area contributed by atoms with Crippen LogP contribution in [0.2, 0.25) is 0 Å². The zero-order valence-corrected chi connectivity index (χ0v) is 11.2. The van der Waals surface area contributed by atoms with E-state index >= 15 is 0 Å². The average Bonchev–Trinajstić information content (AvgIpc) is 2.28. The molecule has 0 aromatic heterocycles. The first-order chi connectivity index (χ1) is 8.15. The van der Waals surface area contributed by atoms with Crippen LogP contribution in [0.25, 0.3) is 0 Å². The Hall–Kier alpha value is -0.450. The molecule has 2 rings (SSSR count). The molecule has 1 aliphatic carbocycles. The molecule has 0 heterocycles. The van der Waals surface area contributed by atoms with Gasteiger partial charge in [-0.05, 0) is 37.8 Å². The average molecular weight is 302 g/mol. The van der Waals surface area contributed by atoms with E-state index in [-0.39, 0.29) is 18.0 Å². The number of halogens is 2. The van der Waals surface area contributed by atoms with Crippen LogP contribution in [-0.4, -0.2) is 12.1 Å². The molecule has 2 nitrogen and oxygen atoms in total. The van der Waals surface area contributed by atoms with Gasteiger partial charge in [0.2, 0.25) is 0 Å². The molecule has 0 spiro atoms. The Morgan fingerprint density at radius 3 is 2.94 bits per heavy atom. The summed E-state index contributed by atoms with van der Waals surface area (Å²) in [5, 5.41) is 0. The van der Waals surface area contributed by atoms with Gasteiger partial charge in [0.05, 0.1) is 12.7 Å². The van der Waals surface area contributed by atoms with Crippen molar-refractivity contribution in [3.63, 3.8) is 0 Å². The van der Waals surface area contributed by atoms with Crippen molar-refractivity contribution in [1.29, 1.82) is 0 Å². The molecular formula is C13H17BrFNO. The molecule has 2 unspecified atom stereocenters. The van der Waals surface area contributed by atoms with E-state index in [0.29, 0.717) is 12.2 Å². The highest BCUT2D eigenvalue weighted by Gasteiger charge is 2.19. The van der Waals surface area contributed by atoms with Crippen molar-refractivity contribution >= 4 is 15.9 Å². The molecule has 1 aliphatic rings. The van der Waals surface area contributed by atoms with Gasteiger partial charge in [0.25, 0.3) is 0 Å². The van der Waals surface area contributed by atoms with Crippen molar-refractivity contribution in [3.8, 4) is 0 Å². The Bertz CT molecular complexity index is 386. The van der Waals surface area contributed by atoms with Gasteiger partial charge in [0.15, 0.2) is 0 Å². The van der Waals surface area contributed by atoms with E-state index in [4.69, 9.17) is 10.5 Å². The number of hydrogen-bond donors (Lipinski definition) is 1. The third-order valence-electron chi connectivity index (χ3n) is 3.16. The van der Waals surface area contributed by atoms with Crippen LogP contribution in [-0.2, 0) is 11.3 Å². The van der Waals surface area contributed by atoms with Crippen LogP contribution in [0.5, 0.6) is 0 Å². The molecule has 0 amide bonds. The lowest BCUT2D eigenvalue weighted by atomic mass is 9.93. The van der Waals surface area contributed by atoms with Crippen LogP contribution < -0.4 is 5.73 Å². The molecule has 0 bridgehead atoms. The monoisotopic (exact) mass is 301 g/mol. The van der Waals surface area contributed by atoms with Gasteiger partial charge in [-0.2, -0.15) is 0 Å². The van der Waals surface area contributed by atoms with Crippen LogP contribution in [0.4, 0.5) is 4.39 Å². The minimum absolute atomic E-state index is 0.182. The molecule has 2 N–H and O–H groups in total. The Labute approximate surface area is 109 Å². The Morgan fingerprint density at radius 1 is 1.41 bits per heavy atom. The summed E-state index contributed by atoms with van der Waals surface area (Å²) in [5.74, 6) is -0.223. The molecule has 17 heavy (non-hydrogen) atoms. The second kappa shape index (κ2) is 5.94. The largest absolute Gasteiger partial charge is 0.373 e. The fraction of sp³-hybridized carbons (Fsp3) is 0.538. The highest BCUT2D eigenvalue weighted by molar-refractivity contribution is 9.10. The van der Waals surface area contributed by atoms with Gasteiger partial charge in [-0.15, -0.1) is 0 Å². The third kappa shape index (κ3) is 3.76. The molecule has 0 saturated heterocycles. The topological polar surface area (TPSA) is 35.2 Å². The standard InChI is InChI=1S/C13H17BrFNO/c14-10-5-4-9(13(15)6-10)8-17-12-3-1-2-11(16)7-12/h4-6,11-12H,1-3,7-8,16H2. The Kier molecular flexibility index (Phi) is 4.54. The number of nitrogens with two attached hydrogens (primary N) is 1. The Morgan fingerprint density at radius 2 is 2.24 bits per heavy atom. The zero-order chi connectivity index (χ0) is 12.3. The molecule has 1 fully saturated rings. The predicted molar refractivity (Wildman–Crippen MR) is 69.1 cm³/mol. The lowest BCUT2D eigenvalue weighted by Crippen LogP contribution is -2.32. The molecule has 1 saturated carbocycles. The summed E-state index contributed by atoms with van der Waals surface area (Å²) in [6, 6.07) is 5.28. The third-order valence-corrected chi connectivity index (χ3v) is 3.65. The van der Waals surface area contributed by atoms with E-state index in [2.05, 4.69) is 15.9 Å². The van der Waals surface area contributed by atoms with Crippen molar-refractivity contribution in [3.05, 3.63) is 34.1 Å². The van der Waals surface area contributed by atoms with Crippen LogP contribution >= 0.6 is 15.9 Å². The van der Waals surface area contributed by atoms with Crippen molar-refractivity contribution < 1.29 is 9.13 Å². The molecule has 0 radical (unpaired) electrons. The van der Waals surface area contributed by atoms with Gasteiger partial charge < -0.3 is 10.5 Å². The summed E-state index contributed by atoms with van der Waals surface area (Å²) >= 11 is 3.23.